The standard InChI is InChI=1S/C13H21N/c1-11-3-5-12(6-4-11)9-13(10-14)7-2-8-13/h11-12H,2-9H2,1H3. The van der Waals surface area contributed by atoms with E-state index in [1.165, 1.54) is 51.4 Å². The van der Waals surface area contributed by atoms with E-state index in [-0.39, 0.29) is 5.41 Å². The topological polar surface area (TPSA) is 23.8 Å². The molecule has 0 unspecified atom stereocenters. The van der Waals surface area contributed by atoms with Gasteiger partial charge in [0, 0.05) is 0 Å². The van der Waals surface area contributed by atoms with Gasteiger partial charge in [0.15, 0.2) is 0 Å². The van der Waals surface area contributed by atoms with Crippen LogP contribution in [0.2, 0.25) is 0 Å². The van der Waals surface area contributed by atoms with Gasteiger partial charge in [-0.2, -0.15) is 5.26 Å². The van der Waals surface area contributed by atoms with E-state index in [9.17, 15) is 0 Å². The lowest BCUT2D eigenvalue weighted by Crippen LogP contribution is -2.31. The van der Waals surface area contributed by atoms with E-state index in [0.717, 1.165) is 11.8 Å². The lowest BCUT2D eigenvalue weighted by molar-refractivity contribution is 0.135. The summed E-state index contributed by atoms with van der Waals surface area (Å²) in [7, 11) is 0. The molecule has 2 aliphatic rings. The lowest BCUT2D eigenvalue weighted by atomic mass is 9.63. The summed E-state index contributed by atoms with van der Waals surface area (Å²) in [6.45, 7) is 2.36. The molecule has 14 heavy (non-hydrogen) atoms. The molecule has 0 amide bonds. The van der Waals surface area contributed by atoms with Crippen molar-refractivity contribution in [3.8, 4) is 6.07 Å². The van der Waals surface area contributed by atoms with Crippen molar-refractivity contribution in [3.05, 3.63) is 0 Å². The van der Waals surface area contributed by atoms with Gasteiger partial charge in [-0.1, -0.05) is 39.0 Å². The summed E-state index contributed by atoms with van der Waals surface area (Å²) in [5.41, 5.74) is 0.116. The first-order valence-electron chi connectivity index (χ1n) is 6.15. The van der Waals surface area contributed by atoms with Crippen molar-refractivity contribution < 1.29 is 0 Å². The Labute approximate surface area is 87.5 Å². The quantitative estimate of drug-likeness (QED) is 0.649. The summed E-state index contributed by atoms with van der Waals surface area (Å²) >= 11 is 0. The smallest absolute Gasteiger partial charge is 0.0689 e. The zero-order chi connectivity index (χ0) is 10.0. The molecule has 0 N–H and O–H groups in total. The first-order valence-corrected chi connectivity index (χ1v) is 6.15. The molecule has 0 saturated heterocycles. The van der Waals surface area contributed by atoms with Crippen molar-refractivity contribution in [2.45, 2.75) is 58.3 Å². The monoisotopic (exact) mass is 191 g/mol. The second kappa shape index (κ2) is 3.93. The molecule has 0 spiro atoms. The number of rotatable bonds is 2. The molecule has 2 aliphatic carbocycles. The Morgan fingerprint density at radius 3 is 2.29 bits per heavy atom. The van der Waals surface area contributed by atoms with Crippen molar-refractivity contribution in [2.75, 3.05) is 0 Å². The molecule has 0 atom stereocenters. The fourth-order valence-electron chi connectivity index (χ4n) is 3.05. The van der Waals surface area contributed by atoms with Gasteiger partial charge in [-0.05, 0) is 31.1 Å². The highest BCUT2D eigenvalue weighted by Crippen LogP contribution is 2.48. The maximum atomic E-state index is 9.17. The highest BCUT2D eigenvalue weighted by molar-refractivity contribution is 5.05. The Morgan fingerprint density at radius 1 is 1.21 bits per heavy atom. The molecule has 2 saturated carbocycles. The van der Waals surface area contributed by atoms with Crippen molar-refractivity contribution in [2.24, 2.45) is 17.3 Å². The van der Waals surface area contributed by atoms with Gasteiger partial charge in [-0.15, -0.1) is 0 Å². The van der Waals surface area contributed by atoms with E-state index in [1.54, 1.807) is 0 Å². The van der Waals surface area contributed by atoms with Crippen molar-refractivity contribution in [1.82, 2.24) is 0 Å². The Kier molecular flexibility index (Phi) is 2.81. The molecule has 0 heterocycles. The minimum absolute atomic E-state index is 0.116. The van der Waals surface area contributed by atoms with Crippen LogP contribution in [0, 0.1) is 28.6 Å². The van der Waals surface area contributed by atoms with Gasteiger partial charge in [-0.3, -0.25) is 0 Å². The summed E-state index contributed by atoms with van der Waals surface area (Å²) in [6, 6.07) is 2.57. The normalized spacial score (nSPS) is 35.7. The molecule has 78 valence electrons. The van der Waals surface area contributed by atoms with Crippen LogP contribution in [0.1, 0.15) is 58.3 Å². The van der Waals surface area contributed by atoms with E-state index in [0.29, 0.717) is 0 Å². The van der Waals surface area contributed by atoms with Crippen molar-refractivity contribution in [3.63, 3.8) is 0 Å². The zero-order valence-corrected chi connectivity index (χ0v) is 9.26. The Morgan fingerprint density at radius 2 is 1.86 bits per heavy atom. The average Bonchev–Trinajstić information content (AvgIpc) is 2.15. The zero-order valence-electron chi connectivity index (χ0n) is 9.26. The van der Waals surface area contributed by atoms with Gasteiger partial charge in [0.2, 0.25) is 0 Å². The number of hydrogen-bond donors (Lipinski definition) is 0. The first kappa shape index (κ1) is 10.0. The minimum atomic E-state index is 0.116. The molecule has 1 heteroatoms. The maximum absolute atomic E-state index is 9.17. The highest BCUT2D eigenvalue weighted by atomic mass is 14.5. The van der Waals surface area contributed by atoms with E-state index in [1.807, 2.05) is 0 Å². The second-order valence-corrected chi connectivity index (χ2v) is 5.58. The molecule has 1 nitrogen and oxygen atoms in total. The molecular weight excluding hydrogens is 170 g/mol. The van der Waals surface area contributed by atoms with Gasteiger partial charge in [0.25, 0.3) is 0 Å². The predicted octanol–water partition coefficient (Wildman–Crippen LogP) is 3.90. The van der Waals surface area contributed by atoms with Gasteiger partial charge in [0.1, 0.15) is 0 Å². The van der Waals surface area contributed by atoms with E-state index >= 15 is 0 Å². The molecule has 2 fully saturated rings. The first-order chi connectivity index (χ1) is 6.74. The van der Waals surface area contributed by atoms with Crippen LogP contribution in [-0.2, 0) is 0 Å². The molecule has 0 aromatic rings. The highest BCUT2D eigenvalue weighted by Gasteiger charge is 2.39. The Bertz CT molecular complexity index is 226. The van der Waals surface area contributed by atoms with E-state index in [4.69, 9.17) is 5.26 Å². The lowest BCUT2D eigenvalue weighted by Gasteiger charge is -2.39. The summed E-state index contributed by atoms with van der Waals surface area (Å²) in [6.07, 6.45) is 10.4. The van der Waals surface area contributed by atoms with Gasteiger partial charge in [-0.25, -0.2) is 0 Å². The van der Waals surface area contributed by atoms with Crippen LogP contribution in [0.5, 0.6) is 0 Å². The third-order valence-corrected chi connectivity index (χ3v) is 4.36. The SMILES string of the molecule is CC1CCC(CC2(C#N)CCC2)CC1. The van der Waals surface area contributed by atoms with E-state index < -0.39 is 0 Å². The Hall–Kier alpha value is -0.510. The summed E-state index contributed by atoms with van der Waals surface area (Å²) in [4.78, 5) is 0. The van der Waals surface area contributed by atoms with Gasteiger partial charge in [0.05, 0.1) is 11.5 Å². The second-order valence-electron chi connectivity index (χ2n) is 5.58. The molecule has 0 aromatic carbocycles. The average molecular weight is 191 g/mol. The van der Waals surface area contributed by atoms with Crippen LogP contribution < -0.4 is 0 Å². The van der Waals surface area contributed by atoms with Crippen LogP contribution in [0.4, 0.5) is 0 Å². The third-order valence-electron chi connectivity index (χ3n) is 4.36. The molecule has 0 aliphatic heterocycles. The summed E-state index contributed by atoms with van der Waals surface area (Å²) in [5, 5.41) is 9.17. The van der Waals surface area contributed by atoms with Crippen LogP contribution in [0.15, 0.2) is 0 Å². The number of nitrogens with zero attached hydrogens (tertiary/aromatic N) is 1. The minimum Gasteiger partial charge on any atom is -0.198 e. The largest absolute Gasteiger partial charge is 0.198 e. The number of nitriles is 1. The molecular formula is C13H21N. The van der Waals surface area contributed by atoms with E-state index in [2.05, 4.69) is 13.0 Å². The van der Waals surface area contributed by atoms with Crippen molar-refractivity contribution in [1.29, 1.82) is 5.26 Å². The third kappa shape index (κ3) is 1.95. The fourth-order valence-corrected chi connectivity index (χ4v) is 3.05. The predicted molar refractivity (Wildman–Crippen MR) is 57.6 cm³/mol. The molecule has 0 radical (unpaired) electrons. The summed E-state index contributed by atoms with van der Waals surface area (Å²) in [5.74, 6) is 1.80. The van der Waals surface area contributed by atoms with Crippen LogP contribution in [0.3, 0.4) is 0 Å². The molecule has 0 aromatic heterocycles. The van der Waals surface area contributed by atoms with Crippen LogP contribution in [0.25, 0.3) is 0 Å². The van der Waals surface area contributed by atoms with Crippen LogP contribution in [-0.4, -0.2) is 0 Å². The summed E-state index contributed by atoms with van der Waals surface area (Å²) < 4.78 is 0. The maximum Gasteiger partial charge on any atom is 0.0689 e. The molecule has 0 bridgehead atoms. The fraction of sp³-hybridized carbons (Fsp3) is 0.923. The molecule has 2 rings (SSSR count). The van der Waals surface area contributed by atoms with Crippen molar-refractivity contribution >= 4 is 0 Å². The number of hydrogen-bond acceptors (Lipinski definition) is 1. The Balaban J connectivity index is 1.83. The van der Waals surface area contributed by atoms with Crippen LogP contribution >= 0.6 is 0 Å². The van der Waals surface area contributed by atoms with Gasteiger partial charge >= 0.3 is 0 Å². The van der Waals surface area contributed by atoms with Gasteiger partial charge < -0.3 is 0 Å².